The van der Waals surface area contributed by atoms with E-state index in [0.29, 0.717) is 12.2 Å². The molecule has 0 bridgehead atoms. The molecule has 1 amide bonds. The average molecular weight is 285 g/mol. The van der Waals surface area contributed by atoms with Gasteiger partial charge in [-0.2, -0.15) is 0 Å². The fourth-order valence-corrected chi connectivity index (χ4v) is 2.05. The lowest BCUT2D eigenvalue weighted by Crippen LogP contribution is -2.28. The Kier molecular flexibility index (Phi) is 4.90. The number of anilines is 1. The number of pyridine rings is 1. The number of carbonyl (C=O) groups excluding carboxylic acids is 1. The van der Waals surface area contributed by atoms with Crippen molar-refractivity contribution >= 4 is 11.6 Å². The number of hydrogen-bond acceptors (Lipinski definition) is 3. The fraction of sp³-hybridized carbons (Fsp3) is 0.250. The van der Waals surface area contributed by atoms with Gasteiger partial charge in [-0.1, -0.05) is 37.3 Å². The molecule has 0 spiro atoms. The van der Waals surface area contributed by atoms with Crippen LogP contribution in [-0.2, 0) is 11.3 Å². The van der Waals surface area contributed by atoms with E-state index in [-0.39, 0.29) is 11.5 Å². The van der Waals surface area contributed by atoms with E-state index in [1.165, 1.54) is 6.07 Å². The number of nitrogens with zero attached hydrogens (tertiary/aromatic N) is 1. The van der Waals surface area contributed by atoms with Crippen molar-refractivity contribution < 1.29 is 4.79 Å². The second kappa shape index (κ2) is 6.85. The van der Waals surface area contributed by atoms with Gasteiger partial charge >= 0.3 is 0 Å². The van der Waals surface area contributed by atoms with Gasteiger partial charge < -0.3 is 15.6 Å². The van der Waals surface area contributed by atoms with E-state index in [0.717, 1.165) is 12.0 Å². The first-order valence-electron chi connectivity index (χ1n) is 6.93. The number of carbonyl (C=O) groups is 1. The summed E-state index contributed by atoms with van der Waals surface area (Å²) in [5.41, 5.74) is 7.17. The lowest BCUT2D eigenvalue weighted by molar-refractivity contribution is -0.117. The molecule has 21 heavy (non-hydrogen) atoms. The summed E-state index contributed by atoms with van der Waals surface area (Å²) in [5, 5.41) is 2.74. The molecule has 0 radical (unpaired) electrons. The molecule has 1 atom stereocenters. The number of nitrogens with one attached hydrogen (secondary N) is 1. The summed E-state index contributed by atoms with van der Waals surface area (Å²) in [6.07, 6.45) is 2.49. The zero-order valence-electron chi connectivity index (χ0n) is 12.0. The molecule has 0 aliphatic rings. The molecular weight excluding hydrogens is 266 g/mol. The highest BCUT2D eigenvalue weighted by Crippen LogP contribution is 2.13. The summed E-state index contributed by atoms with van der Waals surface area (Å²) in [6.45, 7) is 2.61. The Bertz CT molecular complexity index is 665. The van der Waals surface area contributed by atoms with Crippen LogP contribution in [0.2, 0.25) is 0 Å². The first-order valence-corrected chi connectivity index (χ1v) is 6.93. The monoisotopic (exact) mass is 285 g/mol. The van der Waals surface area contributed by atoms with Gasteiger partial charge in [0.2, 0.25) is 5.91 Å². The van der Waals surface area contributed by atoms with Crippen LogP contribution in [0.5, 0.6) is 0 Å². The highest BCUT2D eigenvalue weighted by Gasteiger charge is 2.15. The van der Waals surface area contributed by atoms with Gasteiger partial charge in [0.05, 0.1) is 5.69 Å². The largest absolute Gasteiger partial charge is 0.323 e. The van der Waals surface area contributed by atoms with Gasteiger partial charge in [-0.05, 0) is 18.1 Å². The lowest BCUT2D eigenvalue weighted by atomic mass is 10.1. The Labute approximate surface area is 123 Å². The zero-order chi connectivity index (χ0) is 15.2. The van der Waals surface area contributed by atoms with Crippen molar-refractivity contribution in [2.45, 2.75) is 25.9 Å². The predicted octanol–water partition coefficient (Wildman–Crippen LogP) is 1.90. The van der Waals surface area contributed by atoms with Crippen LogP contribution in [0, 0.1) is 0 Å². The Balaban J connectivity index is 2.12. The first kappa shape index (κ1) is 15.0. The number of benzene rings is 1. The van der Waals surface area contributed by atoms with E-state index in [1.807, 2.05) is 37.3 Å². The van der Waals surface area contributed by atoms with Crippen LogP contribution in [0.1, 0.15) is 24.9 Å². The normalized spacial score (nSPS) is 11.9. The quantitative estimate of drug-likeness (QED) is 0.880. The smallest absolute Gasteiger partial charge is 0.250 e. The summed E-state index contributed by atoms with van der Waals surface area (Å²) < 4.78 is 1.57. The van der Waals surface area contributed by atoms with E-state index in [1.54, 1.807) is 16.8 Å². The summed E-state index contributed by atoms with van der Waals surface area (Å²) in [7, 11) is 0. The molecule has 0 aliphatic heterocycles. The number of rotatable bonds is 5. The Morgan fingerprint density at radius 2 is 1.95 bits per heavy atom. The van der Waals surface area contributed by atoms with Crippen molar-refractivity contribution in [2.24, 2.45) is 5.73 Å². The molecule has 0 fully saturated rings. The van der Waals surface area contributed by atoms with E-state index in [2.05, 4.69) is 5.32 Å². The molecule has 110 valence electrons. The van der Waals surface area contributed by atoms with Crippen LogP contribution in [0.15, 0.2) is 53.5 Å². The van der Waals surface area contributed by atoms with E-state index < -0.39 is 6.04 Å². The summed E-state index contributed by atoms with van der Waals surface area (Å²) in [4.78, 5) is 23.8. The van der Waals surface area contributed by atoms with Crippen LogP contribution >= 0.6 is 0 Å². The first-order chi connectivity index (χ1) is 10.1. The molecule has 0 saturated heterocycles. The number of nitrogens with two attached hydrogens (primary N) is 1. The maximum Gasteiger partial charge on any atom is 0.250 e. The zero-order valence-corrected chi connectivity index (χ0v) is 12.0. The molecule has 3 N–H and O–H groups in total. The number of aromatic nitrogens is 1. The summed E-state index contributed by atoms with van der Waals surface area (Å²) in [6, 6.07) is 11.5. The SMILES string of the molecule is CCCn1cc(NC(=O)[C@@H](N)c2ccccc2)ccc1=O. The third-order valence-corrected chi connectivity index (χ3v) is 3.16. The number of amides is 1. The van der Waals surface area contributed by atoms with Crippen LogP contribution in [0.4, 0.5) is 5.69 Å². The van der Waals surface area contributed by atoms with Gasteiger partial charge in [-0.25, -0.2) is 0 Å². The standard InChI is InChI=1S/C16H19N3O2/c1-2-10-19-11-13(8-9-14(19)20)18-16(21)15(17)12-6-4-3-5-7-12/h3-9,11,15H,2,10,17H2,1H3,(H,18,21)/t15-/m0/s1. The summed E-state index contributed by atoms with van der Waals surface area (Å²) >= 11 is 0. The molecule has 1 aromatic carbocycles. The van der Waals surface area contributed by atoms with Crippen molar-refractivity contribution in [1.82, 2.24) is 4.57 Å². The third kappa shape index (κ3) is 3.79. The van der Waals surface area contributed by atoms with Gasteiger partial charge in [0.15, 0.2) is 0 Å². The molecule has 5 nitrogen and oxygen atoms in total. The van der Waals surface area contributed by atoms with E-state index >= 15 is 0 Å². The second-order valence-electron chi connectivity index (χ2n) is 4.83. The molecule has 2 rings (SSSR count). The van der Waals surface area contributed by atoms with Crippen LogP contribution < -0.4 is 16.6 Å². The van der Waals surface area contributed by atoms with Crippen LogP contribution in [0.3, 0.4) is 0 Å². The maximum atomic E-state index is 12.1. The topological polar surface area (TPSA) is 77.1 Å². The third-order valence-electron chi connectivity index (χ3n) is 3.16. The van der Waals surface area contributed by atoms with Crippen molar-refractivity contribution in [1.29, 1.82) is 0 Å². The van der Waals surface area contributed by atoms with Gasteiger partial charge in [0, 0.05) is 18.8 Å². The van der Waals surface area contributed by atoms with E-state index in [9.17, 15) is 9.59 Å². The molecule has 2 aromatic rings. The Hall–Kier alpha value is -2.40. The fourth-order valence-electron chi connectivity index (χ4n) is 2.05. The maximum absolute atomic E-state index is 12.1. The van der Waals surface area contributed by atoms with Gasteiger partial charge in [-0.15, -0.1) is 0 Å². The van der Waals surface area contributed by atoms with E-state index in [4.69, 9.17) is 5.73 Å². The second-order valence-corrected chi connectivity index (χ2v) is 4.83. The van der Waals surface area contributed by atoms with Crippen molar-refractivity contribution in [3.63, 3.8) is 0 Å². The van der Waals surface area contributed by atoms with Crippen molar-refractivity contribution in [2.75, 3.05) is 5.32 Å². The van der Waals surface area contributed by atoms with Crippen LogP contribution in [-0.4, -0.2) is 10.5 Å². The molecule has 0 saturated carbocycles. The minimum atomic E-state index is -0.738. The highest BCUT2D eigenvalue weighted by molar-refractivity contribution is 5.95. The average Bonchev–Trinajstić information content (AvgIpc) is 2.51. The predicted molar refractivity (Wildman–Crippen MR) is 83.0 cm³/mol. The molecule has 5 heteroatoms. The molecule has 0 unspecified atom stereocenters. The Morgan fingerprint density at radius 1 is 1.24 bits per heavy atom. The molecule has 1 heterocycles. The van der Waals surface area contributed by atoms with Crippen LogP contribution in [0.25, 0.3) is 0 Å². The minimum Gasteiger partial charge on any atom is -0.323 e. The molecular formula is C16H19N3O2. The molecule has 0 aliphatic carbocycles. The summed E-state index contributed by atoms with van der Waals surface area (Å²) in [5.74, 6) is -0.303. The molecule has 1 aromatic heterocycles. The minimum absolute atomic E-state index is 0.0813. The van der Waals surface area contributed by atoms with Gasteiger partial charge in [-0.3, -0.25) is 9.59 Å². The van der Waals surface area contributed by atoms with Gasteiger partial charge in [0.1, 0.15) is 6.04 Å². The van der Waals surface area contributed by atoms with Crippen molar-refractivity contribution in [3.8, 4) is 0 Å². The van der Waals surface area contributed by atoms with Gasteiger partial charge in [0.25, 0.3) is 5.56 Å². The highest BCUT2D eigenvalue weighted by atomic mass is 16.2. The number of hydrogen-bond donors (Lipinski definition) is 2. The number of aryl methyl sites for hydroxylation is 1. The lowest BCUT2D eigenvalue weighted by Gasteiger charge is -2.13. The van der Waals surface area contributed by atoms with Crippen molar-refractivity contribution in [3.05, 3.63) is 64.6 Å². The Morgan fingerprint density at radius 3 is 2.62 bits per heavy atom.